The second kappa shape index (κ2) is 8.69. The Morgan fingerprint density at radius 3 is 2.37 bits per heavy atom. The molecule has 1 aliphatic heterocycles. The van der Waals surface area contributed by atoms with Crippen LogP contribution in [0.1, 0.15) is 29.9 Å². The molecule has 1 fully saturated rings. The van der Waals surface area contributed by atoms with E-state index in [-0.39, 0.29) is 0 Å². The van der Waals surface area contributed by atoms with Crippen LogP contribution in [0.4, 0.5) is 0 Å². The summed E-state index contributed by atoms with van der Waals surface area (Å²) in [7, 11) is 0. The van der Waals surface area contributed by atoms with Gasteiger partial charge >= 0.3 is 0 Å². The first kappa shape index (κ1) is 18.2. The number of pyridine rings is 1. The Bertz CT molecular complexity index is 853. The zero-order chi connectivity index (χ0) is 18.5. The number of likely N-dealkylation sites (tertiary alicyclic amines) is 1. The smallest absolute Gasteiger partial charge is 0.0406 e. The lowest BCUT2D eigenvalue weighted by Crippen LogP contribution is -2.34. The van der Waals surface area contributed by atoms with Gasteiger partial charge in [0.05, 0.1) is 0 Å². The first-order chi connectivity index (χ1) is 13.3. The molecule has 138 valence electrons. The number of aromatic nitrogens is 1. The number of hydrogen-bond donors (Lipinski definition) is 0. The minimum Gasteiger partial charge on any atom is -0.303 e. The van der Waals surface area contributed by atoms with Crippen LogP contribution in [0.25, 0.3) is 11.1 Å². The maximum atomic E-state index is 5.99. The summed E-state index contributed by atoms with van der Waals surface area (Å²) in [5.41, 5.74) is 5.12. The number of rotatable bonds is 5. The van der Waals surface area contributed by atoms with Crippen LogP contribution >= 0.6 is 11.6 Å². The van der Waals surface area contributed by atoms with Crippen molar-refractivity contribution in [3.05, 3.63) is 89.2 Å². The fraction of sp³-hybridized carbons (Fsp3) is 0.292. The molecular weight excluding hydrogens is 352 g/mol. The molecule has 27 heavy (non-hydrogen) atoms. The third-order valence-electron chi connectivity index (χ3n) is 5.55. The van der Waals surface area contributed by atoms with E-state index in [1.807, 2.05) is 24.5 Å². The first-order valence-electron chi connectivity index (χ1n) is 9.75. The number of hydrogen-bond acceptors (Lipinski definition) is 2. The van der Waals surface area contributed by atoms with Crippen molar-refractivity contribution in [3.63, 3.8) is 0 Å². The van der Waals surface area contributed by atoms with Crippen LogP contribution < -0.4 is 0 Å². The Balaban J connectivity index is 1.32. The van der Waals surface area contributed by atoms with Gasteiger partial charge in [0.1, 0.15) is 0 Å². The van der Waals surface area contributed by atoms with Crippen molar-refractivity contribution in [3.8, 4) is 11.1 Å². The van der Waals surface area contributed by atoms with Crippen molar-refractivity contribution in [1.82, 2.24) is 9.88 Å². The highest BCUT2D eigenvalue weighted by Gasteiger charge is 2.20. The van der Waals surface area contributed by atoms with E-state index < -0.39 is 0 Å². The first-order valence-corrected chi connectivity index (χ1v) is 10.1. The molecule has 0 N–H and O–H groups in total. The quantitative estimate of drug-likeness (QED) is 0.557. The fourth-order valence-corrected chi connectivity index (χ4v) is 4.05. The SMILES string of the molecule is Clc1ccc(-c2cncc(CCN3CCC(c4ccccc4)CC3)c2)cc1. The largest absolute Gasteiger partial charge is 0.303 e. The molecule has 0 unspecified atom stereocenters. The van der Waals surface area contributed by atoms with E-state index in [0.717, 1.165) is 35.0 Å². The van der Waals surface area contributed by atoms with Gasteiger partial charge in [-0.25, -0.2) is 0 Å². The van der Waals surface area contributed by atoms with Crippen LogP contribution in [0.2, 0.25) is 5.02 Å². The standard InChI is InChI=1S/C24H25ClN2/c25-24-8-6-21(7-9-24)23-16-19(17-26-18-23)10-13-27-14-11-22(12-15-27)20-4-2-1-3-5-20/h1-9,16-18,22H,10-15H2. The molecule has 0 radical (unpaired) electrons. The molecule has 2 aromatic carbocycles. The topological polar surface area (TPSA) is 16.1 Å². The van der Waals surface area contributed by atoms with E-state index in [9.17, 15) is 0 Å². The number of benzene rings is 2. The maximum Gasteiger partial charge on any atom is 0.0406 e. The predicted molar refractivity (Wildman–Crippen MR) is 113 cm³/mol. The minimum absolute atomic E-state index is 0.720. The molecule has 0 spiro atoms. The average Bonchev–Trinajstić information content (AvgIpc) is 2.74. The molecule has 1 aromatic heterocycles. The van der Waals surface area contributed by atoms with Crippen molar-refractivity contribution < 1.29 is 0 Å². The molecule has 3 aromatic rings. The van der Waals surface area contributed by atoms with Gasteiger partial charge in [-0.1, -0.05) is 54.1 Å². The predicted octanol–water partition coefficient (Wildman–Crippen LogP) is 5.82. The molecule has 0 saturated carbocycles. The highest BCUT2D eigenvalue weighted by molar-refractivity contribution is 6.30. The summed E-state index contributed by atoms with van der Waals surface area (Å²) in [6.07, 6.45) is 7.48. The molecule has 0 amide bonds. The van der Waals surface area contributed by atoms with Gasteiger partial charge in [-0.15, -0.1) is 0 Å². The molecular formula is C24H25ClN2. The Morgan fingerprint density at radius 2 is 1.63 bits per heavy atom. The van der Waals surface area contributed by atoms with Crippen molar-refractivity contribution in [2.24, 2.45) is 0 Å². The highest BCUT2D eigenvalue weighted by atomic mass is 35.5. The Labute approximate surface area is 166 Å². The molecule has 3 heteroatoms. The second-order valence-electron chi connectivity index (χ2n) is 7.37. The summed E-state index contributed by atoms with van der Waals surface area (Å²) < 4.78 is 0. The van der Waals surface area contributed by atoms with Crippen LogP contribution in [0.5, 0.6) is 0 Å². The zero-order valence-corrected chi connectivity index (χ0v) is 16.3. The maximum absolute atomic E-state index is 5.99. The van der Waals surface area contributed by atoms with Gasteiger partial charge < -0.3 is 4.90 Å². The van der Waals surface area contributed by atoms with Gasteiger partial charge in [-0.3, -0.25) is 4.98 Å². The van der Waals surface area contributed by atoms with Gasteiger partial charge in [-0.2, -0.15) is 0 Å². The fourth-order valence-electron chi connectivity index (χ4n) is 3.93. The van der Waals surface area contributed by atoms with Gasteiger partial charge in [0.2, 0.25) is 0 Å². The van der Waals surface area contributed by atoms with E-state index in [1.54, 1.807) is 0 Å². The Hall–Kier alpha value is -2.16. The Morgan fingerprint density at radius 1 is 0.889 bits per heavy atom. The van der Waals surface area contributed by atoms with Gasteiger partial charge in [0.15, 0.2) is 0 Å². The van der Waals surface area contributed by atoms with E-state index in [0.29, 0.717) is 0 Å². The normalized spacial score (nSPS) is 15.7. The molecule has 0 bridgehead atoms. The number of piperidine rings is 1. The summed E-state index contributed by atoms with van der Waals surface area (Å²) in [6, 6.07) is 21.2. The second-order valence-corrected chi connectivity index (χ2v) is 7.80. The van der Waals surface area contributed by atoms with Gasteiger partial charge in [-0.05, 0) is 73.2 Å². The molecule has 4 rings (SSSR count). The minimum atomic E-state index is 0.720. The molecule has 0 atom stereocenters. The van der Waals surface area contributed by atoms with Crippen LogP contribution in [-0.4, -0.2) is 29.5 Å². The van der Waals surface area contributed by atoms with Crippen molar-refractivity contribution >= 4 is 11.6 Å². The van der Waals surface area contributed by atoms with E-state index in [4.69, 9.17) is 11.6 Å². The van der Waals surface area contributed by atoms with Crippen molar-refractivity contribution in [1.29, 1.82) is 0 Å². The van der Waals surface area contributed by atoms with Crippen LogP contribution in [0.3, 0.4) is 0 Å². The molecule has 0 aliphatic carbocycles. The lowest BCUT2D eigenvalue weighted by Gasteiger charge is -2.32. The third-order valence-corrected chi connectivity index (χ3v) is 5.80. The number of halogens is 1. The summed E-state index contributed by atoms with van der Waals surface area (Å²) in [5.74, 6) is 0.720. The van der Waals surface area contributed by atoms with Crippen molar-refractivity contribution in [2.75, 3.05) is 19.6 Å². The summed E-state index contributed by atoms with van der Waals surface area (Å²) >= 11 is 5.99. The molecule has 1 aliphatic rings. The van der Waals surface area contributed by atoms with E-state index in [2.05, 4.69) is 58.4 Å². The summed E-state index contributed by atoms with van der Waals surface area (Å²) in [5, 5.41) is 0.766. The molecule has 2 heterocycles. The monoisotopic (exact) mass is 376 g/mol. The van der Waals surface area contributed by atoms with Crippen LogP contribution in [-0.2, 0) is 6.42 Å². The van der Waals surface area contributed by atoms with Gasteiger partial charge in [0, 0.05) is 29.5 Å². The van der Waals surface area contributed by atoms with Crippen molar-refractivity contribution in [2.45, 2.75) is 25.2 Å². The average molecular weight is 377 g/mol. The van der Waals surface area contributed by atoms with E-state index >= 15 is 0 Å². The van der Waals surface area contributed by atoms with Crippen LogP contribution in [0.15, 0.2) is 73.1 Å². The highest BCUT2D eigenvalue weighted by Crippen LogP contribution is 2.28. The summed E-state index contributed by atoms with van der Waals surface area (Å²) in [6.45, 7) is 3.47. The number of nitrogens with zero attached hydrogens (tertiary/aromatic N) is 2. The summed E-state index contributed by atoms with van der Waals surface area (Å²) in [4.78, 5) is 7.04. The lowest BCUT2D eigenvalue weighted by atomic mass is 9.89. The molecule has 1 saturated heterocycles. The lowest BCUT2D eigenvalue weighted by molar-refractivity contribution is 0.214. The Kier molecular flexibility index (Phi) is 5.86. The third kappa shape index (κ3) is 4.77. The van der Waals surface area contributed by atoms with E-state index in [1.165, 1.54) is 37.1 Å². The van der Waals surface area contributed by atoms with Gasteiger partial charge in [0.25, 0.3) is 0 Å². The molecule has 2 nitrogen and oxygen atoms in total. The zero-order valence-electron chi connectivity index (χ0n) is 15.5. The van der Waals surface area contributed by atoms with Crippen LogP contribution in [0, 0.1) is 0 Å².